The first-order valence-electron chi connectivity index (χ1n) is 12.5. The molecule has 16 nitrogen and oxygen atoms in total. The molecule has 2 rings (SSSR count). The van der Waals surface area contributed by atoms with Crippen molar-refractivity contribution in [2.45, 2.75) is 50.4 Å². The summed E-state index contributed by atoms with van der Waals surface area (Å²) in [5.41, 5.74) is 1.43. The van der Waals surface area contributed by atoms with Crippen molar-refractivity contribution >= 4 is 23.8 Å². The molecule has 0 saturated carbocycles. The zero-order valence-corrected chi connectivity index (χ0v) is 22.6. The highest BCUT2D eigenvalue weighted by molar-refractivity contribution is 5.97. The first-order valence-corrected chi connectivity index (χ1v) is 12.5. The Morgan fingerprint density at radius 1 is 0.953 bits per heavy atom. The molecule has 0 bridgehead atoms. The molecule has 0 spiro atoms. The van der Waals surface area contributed by atoms with E-state index in [2.05, 4.69) is 10.2 Å². The number of carbonyl (C=O) groups excluding carboxylic acids is 3. The monoisotopic (exact) mass is 628 g/mol. The lowest BCUT2D eigenvalue weighted by Gasteiger charge is -2.38. The average molecular weight is 629 g/mol. The maximum Gasteiger partial charge on any atom is 0.473 e. The van der Waals surface area contributed by atoms with E-state index >= 15 is 0 Å². The van der Waals surface area contributed by atoms with Crippen LogP contribution in [0.25, 0.3) is 0 Å². The van der Waals surface area contributed by atoms with E-state index in [9.17, 15) is 52.8 Å². The lowest BCUT2D eigenvalue weighted by molar-refractivity contribution is -0.271. The van der Waals surface area contributed by atoms with E-state index in [1.807, 2.05) is 0 Å². The smallest absolute Gasteiger partial charge is 0.473 e. The molecular weight excluding hydrogens is 597 g/mol. The van der Waals surface area contributed by atoms with Crippen molar-refractivity contribution in [3.05, 3.63) is 29.3 Å². The molecular formula is C24H31F3N2O14. The molecule has 1 saturated heterocycles. The van der Waals surface area contributed by atoms with Crippen LogP contribution in [0.5, 0.6) is 5.75 Å². The maximum absolute atomic E-state index is 12.9. The predicted octanol–water partition coefficient (Wildman–Crippen LogP) is -1.61. The molecule has 5 atom stereocenters. The molecule has 1 aromatic carbocycles. The predicted molar refractivity (Wildman–Crippen MR) is 131 cm³/mol. The number of rotatable bonds is 16. The lowest BCUT2D eigenvalue weighted by Crippen LogP contribution is -2.61. The summed E-state index contributed by atoms with van der Waals surface area (Å²) in [5.74, 6) is -5.39. The number of hydrogen-bond acceptors (Lipinski definition) is 13. The Hall–Kier alpha value is -3.59. The fraction of sp³-hybridized carbons (Fsp3) is 0.583. The molecule has 43 heavy (non-hydrogen) atoms. The van der Waals surface area contributed by atoms with Gasteiger partial charge in [-0.1, -0.05) is 6.07 Å². The molecule has 1 aliphatic heterocycles. The van der Waals surface area contributed by atoms with Gasteiger partial charge in [0, 0.05) is 13.5 Å². The minimum Gasteiger partial charge on any atom is -0.479 e. The zero-order chi connectivity index (χ0) is 32.2. The number of benzene rings is 1. The SMILES string of the molecule is CC(=O)OCc1ccc(OC2O[C@H](C(=O)O)[C@@H](O)[C@H](O)[C@H]2O)c(C(=O)NCCOCCOCCONC(=O)C(F)(F)F)c1. The Labute approximate surface area is 241 Å². The van der Waals surface area contributed by atoms with E-state index in [4.69, 9.17) is 23.7 Å². The Balaban J connectivity index is 1.88. The number of carboxylic acid groups (broad SMARTS) is 1. The average Bonchev–Trinajstić information content (AvgIpc) is 2.94. The van der Waals surface area contributed by atoms with Crippen molar-refractivity contribution in [1.29, 1.82) is 0 Å². The number of alkyl halides is 3. The van der Waals surface area contributed by atoms with Crippen LogP contribution in [0.4, 0.5) is 13.2 Å². The van der Waals surface area contributed by atoms with E-state index in [-0.39, 0.29) is 57.5 Å². The first kappa shape index (κ1) is 35.6. The van der Waals surface area contributed by atoms with Gasteiger partial charge in [-0.2, -0.15) is 13.2 Å². The number of aliphatic hydroxyl groups excluding tert-OH is 3. The summed E-state index contributed by atoms with van der Waals surface area (Å²) < 4.78 is 61.9. The van der Waals surface area contributed by atoms with Gasteiger partial charge < -0.3 is 49.4 Å². The standard InChI is InChI=1S/C24H31F3N2O14/c1-12(30)40-11-13-2-3-15(42-22-18(33)16(31)17(32)19(43-22)21(35)36)14(10-13)20(34)28-4-5-38-6-7-39-8-9-41-29-23(37)24(25,26)27/h2-3,10,16-19,22,31-33H,4-9,11H2,1H3,(H,28,34)(H,29,37)(H,35,36)/t16-,17-,18+,19-,22?/m0/s1. The maximum atomic E-state index is 12.9. The van der Waals surface area contributed by atoms with Gasteiger partial charge in [-0.05, 0) is 17.7 Å². The van der Waals surface area contributed by atoms with Gasteiger partial charge in [-0.3, -0.25) is 19.2 Å². The molecule has 1 aromatic rings. The Morgan fingerprint density at radius 3 is 2.23 bits per heavy atom. The first-order chi connectivity index (χ1) is 20.2. The summed E-state index contributed by atoms with van der Waals surface area (Å²) in [7, 11) is 0. The molecule has 1 aliphatic rings. The van der Waals surface area contributed by atoms with Crippen LogP contribution >= 0.6 is 0 Å². The van der Waals surface area contributed by atoms with E-state index < -0.39 is 60.6 Å². The quantitative estimate of drug-likeness (QED) is 0.0688. The summed E-state index contributed by atoms with van der Waals surface area (Å²) in [6.45, 7) is 0.495. The normalized spacial score (nSPS) is 22.0. The minimum absolute atomic E-state index is 0.00854. The van der Waals surface area contributed by atoms with Gasteiger partial charge >= 0.3 is 24.0 Å². The summed E-state index contributed by atoms with van der Waals surface area (Å²) >= 11 is 0. The summed E-state index contributed by atoms with van der Waals surface area (Å²) in [6, 6.07) is 3.99. The van der Waals surface area contributed by atoms with Crippen LogP contribution in [0.2, 0.25) is 0 Å². The highest BCUT2D eigenvalue weighted by atomic mass is 19.4. The second-order valence-corrected chi connectivity index (χ2v) is 8.72. The van der Waals surface area contributed by atoms with Gasteiger partial charge in [-0.15, -0.1) is 0 Å². The molecule has 1 unspecified atom stereocenters. The van der Waals surface area contributed by atoms with Gasteiger partial charge in [0.25, 0.3) is 5.91 Å². The third-order valence-corrected chi connectivity index (χ3v) is 5.44. The summed E-state index contributed by atoms with van der Waals surface area (Å²) in [4.78, 5) is 50.4. The van der Waals surface area contributed by atoms with E-state index in [0.717, 1.165) is 0 Å². The van der Waals surface area contributed by atoms with Crippen molar-refractivity contribution in [2.75, 3.05) is 39.6 Å². The van der Waals surface area contributed by atoms with E-state index in [1.165, 1.54) is 30.6 Å². The minimum atomic E-state index is -5.07. The number of ether oxygens (including phenoxy) is 5. The van der Waals surface area contributed by atoms with Crippen LogP contribution in [0.1, 0.15) is 22.8 Å². The summed E-state index contributed by atoms with van der Waals surface area (Å²) in [5, 5.41) is 41.9. The zero-order valence-electron chi connectivity index (χ0n) is 22.6. The van der Waals surface area contributed by atoms with Crippen LogP contribution in [0, 0.1) is 0 Å². The van der Waals surface area contributed by atoms with Crippen LogP contribution in [0.3, 0.4) is 0 Å². The molecule has 242 valence electrons. The van der Waals surface area contributed by atoms with Gasteiger partial charge in [0.2, 0.25) is 6.29 Å². The van der Waals surface area contributed by atoms with Gasteiger partial charge in [0.1, 0.15) is 30.7 Å². The van der Waals surface area contributed by atoms with Gasteiger partial charge in [0.15, 0.2) is 6.10 Å². The second-order valence-electron chi connectivity index (χ2n) is 8.72. The second kappa shape index (κ2) is 16.9. The Morgan fingerprint density at radius 2 is 1.60 bits per heavy atom. The van der Waals surface area contributed by atoms with E-state index in [1.54, 1.807) is 0 Å². The lowest BCUT2D eigenvalue weighted by atomic mass is 9.99. The molecule has 6 N–H and O–H groups in total. The topological polar surface area (TPSA) is 229 Å². The third-order valence-electron chi connectivity index (χ3n) is 5.44. The van der Waals surface area contributed by atoms with Gasteiger partial charge in [-0.25, -0.2) is 10.3 Å². The number of carbonyl (C=O) groups is 4. The number of nitrogens with one attached hydrogen (secondary N) is 2. The van der Waals surface area contributed by atoms with Gasteiger partial charge in [0.05, 0.1) is 38.6 Å². The largest absolute Gasteiger partial charge is 0.479 e. The molecule has 0 aliphatic carbocycles. The Bertz CT molecular complexity index is 1110. The number of esters is 1. The molecule has 2 amide bonds. The fourth-order valence-electron chi connectivity index (χ4n) is 3.34. The number of halogens is 3. The molecule has 0 aromatic heterocycles. The van der Waals surface area contributed by atoms with Crippen LogP contribution in [-0.4, -0.2) is 121 Å². The van der Waals surface area contributed by atoms with Crippen LogP contribution in [0.15, 0.2) is 18.2 Å². The number of aliphatic carboxylic acids is 1. The fourth-order valence-corrected chi connectivity index (χ4v) is 3.34. The van der Waals surface area contributed by atoms with Crippen molar-refractivity contribution in [3.8, 4) is 5.75 Å². The molecule has 0 radical (unpaired) electrons. The van der Waals surface area contributed by atoms with Crippen molar-refractivity contribution in [2.24, 2.45) is 0 Å². The van der Waals surface area contributed by atoms with Crippen molar-refractivity contribution in [3.63, 3.8) is 0 Å². The van der Waals surface area contributed by atoms with Crippen molar-refractivity contribution in [1.82, 2.24) is 10.8 Å². The molecule has 1 heterocycles. The van der Waals surface area contributed by atoms with Crippen LogP contribution < -0.4 is 15.5 Å². The van der Waals surface area contributed by atoms with Crippen molar-refractivity contribution < 1.29 is 81.3 Å². The van der Waals surface area contributed by atoms with E-state index in [0.29, 0.717) is 5.56 Å². The number of carboxylic acids is 1. The highest BCUT2D eigenvalue weighted by Crippen LogP contribution is 2.28. The molecule has 19 heteroatoms. The number of amides is 2. The number of hydroxylamine groups is 1. The van der Waals surface area contributed by atoms with Crippen LogP contribution in [-0.2, 0) is 44.8 Å². The third kappa shape index (κ3) is 11.5. The number of aliphatic hydroxyl groups is 3. The molecule has 1 fully saturated rings. The number of hydrogen-bond donors (Lipinski definition) is 6. The highest BCUT2D eigenvalue weighted by Gasteiger charge is 2.48. The Kier molecular flexibility index (Phi) is 14.0. The summed E-state index contributed by atoms with van der Waals surface area (Å²) in [6.07, 6.45) is -14.6.